The Balaban J connectivity index is 2.54. The minimum Gasteiger partial charge on any atom is -0.465 e. The van der Waals surface area contributed by atoms with Crippen molar-refractivity contribution in [3.05, 3.63) is 41.7 Å². The van der Waals surface area contributed by atoms with Gasteiger partial charge in [0.15, 0.2) is 0 Å². The van der Waals surface area contributed by atoms with E-state index in [2.05, 4.69) is 13.0 Å². The van der Waals surface area contributed by atoms with Gasteiger partial charge in [0.25, 0.3) is 0 Å². The molecule has 2 rings (SSSR count). The van der Waals surface area contributed by atoms with Crippen LogP contribution in [0.15, 0.2) is 30.5 Å². The van der Waals surface area contributed by atoms with Crippen LogP contribution >= 0.6 is 0 Å². The maximum absolute atomic E-state index is 5.32. The fourth-order valence-electron chi connectivity index (χ4n) is 1.33. The van der Waals surface area contributed by atoms with E-state index in [0.717, 1.165) is 12.2 Å². The van der Waals surface area contributed by atoms with Gasteiger partial charge in [-0.2, -0.15) is 0 Å². The van der Waals surface area contributed by atoms with Crippen LogP contribution in [0.5, 0.6) is 5.75 Å². The molecule has 0 spiro atoms. The third-order valence-electron chi connectivity index (χ3n) is 1.98. The van der Waals surface area contributed by atoms with Gasteiger partial charge in [-0.25, -0.2) is 0 Å². The van der Waals surface area contributed by atoms with E-state index >= 15 is 0 Å². The van der Waals surface area contributed by atoms with Crippen LogP contribution in [0.3, 0.4) is 0 Å². The lowest BCUT2D eigenvalue weighted by Gasteiger charge is -2.13. The largest absolute Gasteiger partial charge is 0.465 e. The Morgan fingerprint density at radius 3 is 3.09 bits per heavy atom. The van der Waals surface area contributed by atoms with Gasteiger partial charge in [-0.15, -0.1) is 0 Å². The lowest BCUT2D eigenvalue weighted by Crippen LogP contribution is -1.97. The molecule has 1 heterocycles. The normalized spacial score (nSPS) is 13.9. The van der Waals surface area contributed by atoms with Gasteiger partial charge in [0, 0.05) is 5.56 Å². The van der Waals surface area contributed by atoms with Crippen molar-refractivity contribution in [1.82, 2.24) is 0 Å². The van der Waals surface area contributed by atoms with Crippen molar-refractivity contribution in [2.75, 3.05) is 0 Å². The van der Waals surface area contributed by atoms with Crippen LogP contribution in [-0.2, 0) is 6.42 Å². The predicted octanol–water partition coefficient (Wildman–Crippen LogP) is 2.44. The third kappa shape index (κ3) is 1.03. The van der Waals surface area contributed by atoms with E-state index in [-0.39, 0.29) is 0 Å². The summed E-state index contributed by atoms with van der Waals surface area (Å²) in [6, 6.07) is 6.14. The zero-order valence-corrected chi connectivity index (χ0v) is 6.50. The molecule has 1 aromatic rings. The highest BCUT2D eigenvalue weighted by molar-refractivity contribution is 5.42. The molecule has 11 heavy (non-hydrogen) atoms. The summed E-state index contributed by atoms with van der Waals surface area (Å²) < 4.78 is 5.32. The van der Waals surface area contributed by atoms with Crippen LogP contribution in [0.1, 0.15) is 11.1 Å². The maximum atomic E-state index is 5.32. The first-order valence-corrected chi connectivity index (χ1v) is 3.78. The monoisotopic (exact) mass is 146 g/mol. The molecule has 1 aliphatic heterocycles. The number of ether oxygens (including phenoxy) is 1. The molecular formula is C10H10O. The number of hydrogen-bond acceptors (Lipinski definition) is 1. The molecule has 1 aromatic carbocycles. The van der Waals surface area contributed by atoms with E-state index in [1.807, 2.05) is 18.2 Å². The molecule has 1 nitrogen and oxygen atoms in total. The van der Waals surface area contributed by atoms with Gasteiger partial charge in [0.2, 0.25) is 0 Å². The quantitative estimate of drug-likeness (QED) is 0.546. The molecule has 0 bridgehead atoms. The number of fused-ring (bicyclic) bond motifs is 1. The van der Waals surface area contributed by atoms with Crippen molar-refractivity contribution in [2.24, 2.45) is 0 Å². The van der Waals surface area contributed by atoms with Crippen molar-refractivity contribution < 1.29 is 4.74 Å². The van der Waals surface area contributed by atoms with Gasteiger partial charge in [0.05, 0.1) is 6.26 Å². The molecule has 1 aliphatic rings. The van der Waals surface area contributed by atoms with Gasteiger partial charge in [-0.1, -0.05) is 12.1 Å². The van der Waals surface area contributed by atoms with Crippen molar-refractivity contribution in [2.45, 2.75) is 13.3 Å². The summed E-state index contributed by atoms with van der Waals surface area (Å²) >= 11 is 0. The van der Waals surface area contributed by atoms with Gasteiger partial charge in [-0.3, -0.25) is 0 Å². The minimum atomic E-state index is 1.00. The second-order valence-corrected chi connectivity index (χ2v) is 2.75. The summed E-state index contributed by atoms with van der Waals surface area (Å²) in [5.74, 6) is 1.01. The highest BCUT2D eigenvalue weighted by Crippen LogP contribution is 2.25. The molecule has 0 saturated heterocycles. The van der Waals surface area contributed by atoms with E-state index in [1.165, 1.54) is 11.1 Å². The Kier molecular flexibility index (Phi) is 1.42. The average Bonchev–Trinajstić information content (AvgIpc) is 2.06. The second-order valence-electron chi connectivity index (χ2n) is 2.75. The first-order valence-electron chi connectivity index (χ1n) is 3.78. The molecule has 0 radical (unpaired) electrons. The first-order chi connectivity index (χ1) is 5.38. The molecule has 0 aliphatic carbocycles. The van der Waals surface area contributed by atoms with E-state index < -0.39 is 0 Å². The molecule has 1 heteroatoms. The zero-order valence-electron chi connectivity index (χ0n) is 6.50. The average molecular weight is 146 g/mol. The predicted molar refractivity (Wildman–Crippen MR) is 44.7 cm³/mol. The van der Waals surface area contributed by atoms with Crippen LogP contribution in [0.25, 0.3) is 0 Å². The summed E-state index contributed by atoms with van der Waals surface area (Å²) in [5.41, 5.74) is 2.63. The fraction of sp³-hybridized carbons (Fsp3) is 0.200. The Labute approximate surface area is 66.3 Å². The van der Waals surface area contributed by atoms with Crippen LogP contribution in [0.4, 0.5) is 0 Å². The number of allylic oxidation sites excluding steroid dienone is 1. The highest BCUT2D eigenvalue weighted by atomic mass is 16.5. The molecular weight excluding hydrogens is 136 g/mol. The van der Waals surface area contributed by atoms with Gasteiger partial charge in [-0.05, 0) is 31.1 Å². The lowest BCUT2D eigenvalue weighted by molar-refractivity contribution is 0.464. The van der Waals surface area contributed by atoms with Crippen molar-refractivity contribution in [1.29, 1.82) is 0 Å². The topological polar surface area (TPSA) is 9.23 Å². The van der Waals surface area contributed by atoms with Crippen LogP contribution in [0.2, 0.25) is 0 Å². The van der Waals surface area contributed by atoms with E-state index in [9.17, 15) is 0 Å². The molecule has 0 unspecified atom stereocenters. The van der Waals surface area contributed by atoms with Crippen molar-refractivity contribution in [3.8, 4) is 5.75 Å². The molecule has 0 fully saturated rings. The smallest absolute Gasteiger partial charge is 0.130 e. The number of benzene rings is 1. The van der Waals surface area contributed by atoms with Gasteiger partial charge < -0.3 is 4.74 Å². The van der Waals surface area contributed by atoms with E-state index in [4.69, 9.17) is 4.74 Å². The summed E-state index contributed by atoms with van der Waals surface area (Å²) in [4.78, 5) is 0. The van der Waals surface area contributed by atoms with E-state index in [0.29, 0.717) is 0 Å². The Hall–Kier alpha value is -1.24. The standard InChI is InChI=1S/C10H10O/c1-8-4-2-6-10-9(8)5-3-7-11-10/h2-4,6-7H,5H2,1H3. The first kappa shape index (κ1) is 6.47. The number of rotatable bonds is 0. The third-order valence-corrected chi connectivity index (χ3v) is 1.98. The number of aryl methyl sites for hydroxylation is 1. The molecule has 56 valence electrons. The summed E-state index contributed by atoms with van der Waals surface area (Å²) in [5, 5.41) is 0. The fourth-order valence-corrected chi connectivity index (χ4v) is 1.33. The SMILES string of the molecule is Cc1cccc2c1CC=CO2. The van der Waals surface area contributed by atoms with Crippen molar-refractivity contribution >= 4 is 0 Å². The Bertz CT molecular complexity index is 300. The zero-order chi connectivity index (χ0) is 7.68. The number of hydrogen-bond donors (Lipinski definition) is 0. The summed E-state index contributed by atoms with van der Waals surface area (Å²) in [6.07, 6.45) is 4.79. The lowest BCUT2D eigenvalue weighted by atomic mass is 10.0. The van der Waals surface area contributed by atoms with Crippen LogP contribution in [0, 0.1) is 6.92 Å². The highest BCUT2D eigenvalue weighted by Gasteiger charge is 2.06. The molecule has 0 N–H and O–H groups in total. The molecule has 0 atom stereocenters. The molecule has 0 amide bonds. The van der Waals surface area contributed by atoms with Gasteiger partial charge in [0.1, 0.15) is 5.75 Å². The summed E-state index contributed by atoms with van der Waals surface area (Å²) in [7, 11) is 0. The van der Waals surface area contributed by atoms with Crippen molar-refractivity contribution in [3.63, 3.8) is 0 Å². The minimum absolute atomic E-state index is 1.00. The van der Waals surface area contributed by atoms with Crippen LogP contribution in [-0.4, -0.2) is 0 Å². The van der Waals surface area contributed by atoms with Gasteiger partial charge >= 0.3 is 0 Å². The Morgan fingerprint density at radius 2 is 2.27 bits per heavy atom. The van der Waals surface area contributed by atoms with E-state index in [1.54, 1.807) is 6.26 Å². The molecule has 0 saturated carbocycles. The second kappa shape index (κ2) is 2.42. The summed E-state index contributed by atoms with van der Waals surface area (Å²) in [6.45, 7) is 2.11. The maximum Gasteiger partial charge on any atom is 0.130 e. The molecule has 0 aromatic heterocycles. The Morgan fingerprint density at radius 1 is 1.36 bits per heavy atom. The van der Waals surface area contributed by atoms with Crippen LogP contribution < -0.4 is 4.74 Å².